The average molecular weight is 424 g/mol. The van der Waals surface area contributed by atoms with Crippen molar-refractivity contribution in [1.29, 1.82) is 0 Å². The monoisotopic (exact) mass is 423 g/mol. The van der Waals surface area contributed by atoms with Gasteiger partial charge in [0.1, 0.15) is 0 Å². The molecule has 1 N–H and O–H groups in total. The standard InChI is InChI=1S/C23H22ClN3O3/c24-17-5-3-4-16(14-7-8-14)19(17)20(28)22-25-21(18-6-1-2-11-27(18)22)26-12-9-15(10-13-26)23(29)30/h1-6,11,14-15H,7-10,12-13H2,(H,29,30). The third kappa shape index (κ3) is 3.25. The molecule has 5 rings (SSSR count). The minimum absolute atomic E-state index is 0.171. The van der Waals surface area contributed by atoms with Crippen molar-refractivity contribution >= 4 is 34.7 Å². The van der Waals surface area contributed by atoms with Crippen molar-refractivity contribution < 1.29 is 14.7 Å². The van der Waals surface area contributed by atoms with E-state index in [-0.39, 0.29) is 11.7 Å². The quantitative estimate of drug-likeness (QED) is 0.616. The number of piperidine rings is 1. The number of hydrogen-bond donors (Lipinski definition) is 1. The highest BCUT2D eigenvalue weighted by molar-refractivity contribution is 6.35. The van der Waals surface area contributed by atoms with Gasteiger partial charge in [-0.1, -0.05) is 29.8 Å². The van der Waals surface area contributed by atoms with Crippen molar-refractivity contribution in [3.05, 3.63) is 64.6 Å². The first kappa shape index (κ1) is 19.1. The van der Waals surface area contributed by atoms with E-state index in [1.165, 1.54) is 0 Å². The summed E-state index contributed by atoms with van der Waals surface area (Å²) in [5.41, 5.74) is 2.40. The van der Waals surface area contributed by atoms with E-state index in [0.717, 1.165) is 29.7 Å². The first-order valence-corrected chi connectivity index (χ1v) is 10.7. The molecule has 1 saturated carbocycles. The highest BCUT2D eigenvalue weighted by atomic mass is 35.5. The van der Waals surface area contributed by atoms with Gasteiger partial charge in [-0.2, -0.15) is 0 Å². The lowest BCUT2D eigenvalue weighted by atomic mass is 9.97. The van der Waals surface area contributed by atoms with Gasteiger partial charge in [-0.25, -0.2) is 4.98 Å². The average Bonchev–Trinajstić information content (AvgIpc) is 3.53. The number of benzene rings is 1. The van der Waals surface area contributed by atoms with E-state index in [0.29, 0.717) is 48.3 Å². The number of aliphatic carboxylic acids is 1. The zero-order valence-electron chi connectivity index (χ0n) is 16.4. The fourth-order valence-corrected chi connectivity index (χ4v) is 4.65. The number of anilines is 1. The zero-order valence-corrected chi connectivity index (χ0v) is 17.2. The lowest BCUT2D eigenvalue weighted by Gasteiger charge is -2.30. The molecular weight excluding hydrogens is 402 g/mol. The Morgan fingerprint density at radius 2 is 1.80 bits per heavy atom. The van der Waals surface area contributed by atoms with Crippen LogP contribution in [0.4, 0.5) is 5.82 Å². The van der Waals surface area contributed by atoms with Gasteiger partial charge in [-0.15, -0.1) is 0 Å². The molecule has 1 aliphatic heterocycles. The summed E-state index contributed by atoms with van der Waals surface area (Å²) in [6.45, 7) is 1.21. The number of pyridine rings is 1. The van der Waals surface area contributed by atoms with Crippen LogP contribution < -0.4 is 4.90 Å². The summed E-state index contributed by atoms with van der Waals surface area (Å²) in [4.78, 5) is 31.7. The molecule has 1 saturated heterocycles. The third-order valence-electron chi connectivity index (χ3n) is 6.17. The second-order valence-corrected chi connectivity index (χ2v) is 8.53. The van der Waals surface area contributed by atoms with Crippen LogP contribution in [-0.4, -0.2) is 39.3 Å². The second-order valence-electron chi connectivity index (χ2n) is 8.12. The Labute approximate surface area is 179 Å². The Morgan fingerprint density at radius 1 is 1.03 bits per heavy atom. The van der Waals surface area contributed by atoms with Crippen LogP contribution in [-0.2, 0) is 4.79 Å². The van der Waals surface area contributed by atoms with Crippen molar-refractivity contribution in [2.45, 2.75) is 31.6 Å². The Hall–Kier alpha value is -2.86. The van der Waals surface area contributed by atoms with Gasteiger partial charge in [0, 0.05) is 24.8 Å². The number of carbonyl (C=O) groups excluding carboxylic acids is 1. The molecule has 0 amide bonds. The highest BCUT2D eigenvalue weighted by Crippen LogP contribution is 2.43. The molecule has 2 aromatic heterocycles. The summed E-state index contributed by atoms with van der Waals surface area (Å²) in [7, 11) is 0. The number of fused-ring (bicyclic) bond motifs is 1. The molecule has 0 unspecified atom stereocenters. The lowest BCUT2D eigenvalue weighted by molar-refractivity contribution is -0.142. The van der Waals surface area contributed by atoms with Crippen LogP contribution in [0.2, 0.25) is 5.02 Å². The summed E-state index contributed by atoms with van der Waals surface area (Å²) in [6.07, 6.45) is 5.14. The van der Waals surface area contributed by atoms with Gasteiger partial charge in [0.2, 0.25) is 5.78 Å². The highest BCUT2D eigenvalue weighted by Gasteiger charge is 2.32. The van der Waals surface area contributed by atoms with E-state index in [1.807, 2.05) is 40.9 Å². The number of carboxylic acid groups (broad SMARTS) is 1. The number of nitrogens with zero attached hydrogens (tertiary/aromatic N) is 3. The number of halogens is 1. The van der Waals surface area contributed by atoms with Gasteiger partial charge in [-0.05, 0) is 55.4 Å². The minimum atomic E-state index is -0.744. The molecule has 3 aromatic rings. The topological polar surface area (TPSA) is 74.9 Å². The molecular formula is C23H22ClN3O3. The van der Waals surface area contributed by atoms with Crippen molar-refractivity contribution in [3.63, 3.8) is 0 Å². The molecule has 2 aliphatic rings. The van der Waals surface area contributed by atoms with Crippen molar-refractivity contribution in [2.75, 3.05) is 18.0 Å². The van der Waals surface area contributed by atoms with E-state index >= 15 is 0 Å². The molecule has 30 heavy (non-hydrogen) atoms. The number of ketones is 1. The van der Waals surface area contributed by atoms with E-state index < -0.39 is 5.97 Å². The summed E-state index contributed by atoms with van der Waals surface area (Å²) < 4.78 is 1.82. The van der Waals surface area contributed by atoms with Crippen molar-refractivity contribution in [2.24, 2.45) is 5.92 Å². The summed E-state index contributed by atoms with van der Waals surface area (Å²) >= 11 is 6.47. The molecule has 0 spiro atoms. The Balaban J connectivity index is 1.56. The number of hydrogen-bond acceptors (Lipinski definition) is 4. The molecule has 0 radical (unpaired) electrons. The van der Waals surface area contributed by atoms with Crippen molar-refractivity contribution in [1.82, 2.24) is 9.38 Å². The number of rotatable bonds is 5. The largest absolute Gasteiger partial charge is 0.481 e. The number of carboxylic acids is 1. The smallest absolute Gasteiger partial charge is 0.306 e. The third-order valence-corrected chi connectivity index (χ3v) is 6.48. The van der Waals surface area contributed by atoms with Gasteiger partial charge < -0.3 is 10.0 Å². The Morgan fingerprint density at radius 3 is 2.50 bits per heavy atom. The minimum Gasteiger partial charge on any atom is -0.481 e. The fourth-order valence-electron chi connectivity index (χ4n) is 4.38. The lowest BCUT2D eigenvalue weighted by Crippen LogP contribution is -2.36. The molecule has 6 nitrogen and oxygen atoms in total. The number of carbonyl (C=O) groups is 2. The van der Waals surface area contributed by atoms with Crippen LogP contribution in [0, 0.1) is 5.92 Å². The Bertz CT molecular complexity index is 1140. The van der Waals surface area contributed by atoms with E-state index in [1.54, 1.807) is 6.07 Å². The van der Waals surface area contributed by atoms with Gasteiger partial charge in [0.05, 0.1) is 16.5 Å². The molecule has 2 fully saturated rings. The van der Waals surface area contributed by atoms with Gasteiger partial charge in [-0.3, -0.25) is 14.0 Å². The van der Waals surface area contributed by atoms with E-state index in [2.05, 4.69) is 4.90 Å². The summed E-state index contributed by atoms with van der Waals surface area (Å²) in [5.74, 6) is 0.226. The summed E-state index contributed by atoms with van der Waals surface area (Å²) in [5, 5.41) is 9.74. The molecule has 7 heteroatoms. The maximum Gasteiger partial charge on any atom is 0.306 e. The van der Waals surface area contributed by atoms with Crippen LogP contribution in [0.5, 0.6) is 0 Å². The van der Waals surface area contributed by atoms with Crippen LogP contribution in [0.15, 0.2) is 42.6 Å². The summed E-state index contributed by atoms with van der Waals surface area (Å²) in [6, 6.07) is 11.4. The predicted molar refractivity (Wildman–Crippen MR) is 115 cm³/mol. The first-order valence-electron chi connectivity index (χ1n) is 10.3. The van der Waals surface area contributed by atoms with Crippen LogP contribution in [0.25, 0.3) is 5.52 Å². The number of aromatic nitrogens is 2. The van der Waals surface area contributed by atoms with Gasteiger partial charge in [0.25, 0.3) is 0 Å². The maximum atomic E-state index is 13.6. The predicted octanol–water partition coefficient (Wildman–Crippen LogP) is 4.40. The van der Waals surface area contributed by atoms with Crippen LogP contribution >= 0.6 is 11.6 Å². The maximum absolute atomic E-state index is 13.6. The number of imidazole rings is 1. The van der Waals surface area contributed by atoms with Crippen LogP contribution in [0.3, 0.4) is 0 Å². The molecule has 3 heterocycles. The molecule has 0 bridgehead atoms. The first-order chi connectivity index (χ1) is 14.5. The molecule has 1 aromatic carbocycles. The second kappa shape index (κ2) is 7.43. The molecule has 0 atom stereocenters. The zero-order chi connectivity index (χ0) is 20.8. The van der Waals surface area contributed by atoms with Crippen molar-refractivity contribution in [3.8, 4) is 0 Å². The normalized spacial score (nSPS) is 17.4. The van der Waals surface area contributed by atoms with E-state index in [4.69, 9.17) is 16.6 Å². The van der Waals surface area contributed by atoms with Crippen LogP contribution in [0.1, 0.15) is 53.3 Å². The van der Waals surface area contributed by atoms with Gasteiger partial charge in [0.15, 0.2) is 11.6 Å². The molecule has 154 valence electrons. The van der Waals surface area contributed by atoms with E-state index in [9.17, 15) is 14.7 Å². The SMILES string of the molecule is O=C(c1c(Cl)cccc1C1CC1)c1nc(N2CCC(C(=O)O)CC2)c2ccccn12. The fraction of sp³-hybridized carbons (Fsp3) is 0.348. The van der Waals surface area contributed by atoms with Gasteiger partial charge >= 0.3 is 5.97 Å². The molecule has 1 aliphatic carbocycles. The Kier molecular flexibility index (Phi) is 4.74.